The van der Waals surface area contributed by atoms with Gasteiger partial charge in [-0.15, -0.1) is 0 Å². The number of rotatable bonds is 5. The molecule has 0 aliphatic carbocycles. The van der Waals surface area contributed by atoms with Gasteiger partial charge in [0.2, 0.25) is 0 Å². The molecule has 0 atom stereocenters. The molecular formula is C30H20F2S3. The maximum atomic E-state index is 13.4. The average Bonchev–Trinajstić information content (AvgIpc) is 3.20. The van der Waals surface area contributed by atoms with Crippen molar-refractivity contribution in [2.45, 2.75) is 34.3 Å². The second kappa shape index (κ2) is 9.57. The Morgan fingerprint density at radius 2 is 0.886 bits per heavy atom. The van der Waals surface area contributed by atoms with Gasteiger partial charge >= 0.3 is 0 Å². The molecule has 172 valence electrons. The average molecular weight is 515 g/mol. The lowest BCUT2D eigenvalue weighted by atomic mass is 10.1. The Bertz CT molecular complexity index is 1400. The van der Waals surface area contributed by atoms with Gasteiger partial charge in [-0.3, -0.25) is 0 Å². The number of fused-ring (bicyclic) bond motifs is 3. The number of benzene rings is 5. The number of thiol groups is 1. The van der Waals surface area contributed by atoms with Crippen molar-refractivity contribution in [1.29, 1.82) is 0 Å². The van der Waals surface area contributed by atoms with Crippen LogP contribution >= 0.6 is 34.4 Å². The topological polar surface area (TPSA) is 0 Å². The van der Waals surface area contributed by atoms with Crippen LogP contribution in [0, 0.1) is 11.6 Å². The molecule has 0 saturated carbocycles. The first-order valence-electron chi connectivity index (χ1n) is 11.1. The normalized spacial score (nSPS) is 12.9. The van der Waals surface area contributed by atoms with Crippen molar-refractivity contribution in [3.63, 3.8) is 0 Å². The van der Waals surface area contributed by atoms with E-state index in [0.29, 0.717) is 0 Å². The maximum absolute atomic E-state index is 13.4. The molecule has 5 aromatic rings. The van der Waals surface area contributed by atoms with E-state index < -0.39 is 10.9 Å². The van der Waals surface area contributed by atoms with Gasteiger partial charge in [-0.2, -0.15) is 10.9 Å². The molecule has 0 unspecified atom stereocenters. The number of hydrogen-bond acceptors (Lipinski definition) is 2. The van der Waals surface area contributed by atoms with Gasteiger partial charge in [0.1, 0.15) is 11.6 Å². The zero-order valence-corrected chi connectivity index (χ0v) is 21.0. The minimum absolute atomic E-state index is 0.225. The first kappa shape index (κ1) is 22.5. The molecule has 0 spiro atoms. The Labute approximate surface area is 214 Å². The molecule has 0 bridgehead atoms. The minimum Gasteiger partial charge on any atom is -0.207 e. The number of halogens is 2. The molecule has 0 fully saturated rings. The lowest BCUT2D eigenvalue weighted by Crippen LogP contribution is -1.83. The highest BCUT2D eigenvalue weighted by Crippen LogP contribution is 2.63. The summed E-state index contributed by atoms with van der Waals surface area (Å²) < 4.78 is 26.7. The first-order chi connectivity index (χ1) is 17.1. The number of hydrogen-bond donors (Lipinski definition) is 1. The van der Waals surface area contributed by atoms with Crippen LogP contribution in [0.15, 0.2) is 150 Å². The molecule has 1 heterocycles. The van der Waals surface area contributed by atoms with E-state index in [1.54, 1.807) is 23.5 Å². The quantitative estimate of drug-likeness (QED) is 0.227. The largest absolute Gasteiger partial charge is 0.207 e. The summed E-state index contributed by atoms with van der Waals surface area (Å²) in [5.41, 5.74) is 2.51. The SMILES string of the molecule is Fc1ccc(Sc2ccc3c(c2)-c2cc(Sc4ccc(F)cc4)ccc2[SH]3c2ccccc2)cc1. The van der Waals surface area contributed by atoms with Crippen LogP contribution in [0.2, 0.25) is 0 Å². The molecule has 1 aliphatic heterocycles. The molecule has 0 amide bonds. The van der Waals surface area contributed by atoms with Crippen LogP contribution in [0.3, 0.4) is 0 Å². The summed E-state index contributed by atoms with van der Waals surface area (Å²) in [6, 6.07) is 37.3. The molecule has 0 aromatic heterocycles. The summed E-state index contributed by atoms with van der Waals surface area (Å²) in [7, 11) is -0.642. The predicted octanol–water partition coefficient (Wildman–Crippen LogP) is 9.73. The predicted molar refractivity (Wildman–Crippen MR) is 143 cm³/mol. The van der Waals surface area contributed by atoms with Crippen LogP contribution in [0.25, 0.3) is 11.1 Å². The van der Waals surface area contributed by atoms with Crippen molar-refractivity contribution >= 4 is 34.4 Å². The van der Waals surface area contributed by atoms with Crippen LogP contribution in [0.5, 0.6) is 0 Å². The van der Waals surface area contributed by atoms with E-state index in [4.69, 9.17) is 0 Å². The van der Waals surface area contributed by atoms with E-state index in [9.17, 15) is 8.78 Å². The van der Waals surface area contributed by atoms with Gasteiger partial charge in [-0.1, -0.05) is 41.7 Å². The molecule has 0 nitrogen and oxygen atoms in total. The third-order valence-electron chi connectivity index (χ3n) is 5.82. The van der Waals surface area contributed by atoms with E-state index in [-0.39, 0.29) is 11.6 Å². The van der Waals surface area contributed by atoms with Crippen molar-refractivity contribution in [3.05, 3.63) is 127 Å². The molecule has 5 heteroatoms. The molecule has 1 aliphatic rings. The summed E-state index contributed by atoms with van der Waals surface area (Å²) in [6.07, 6.45) is 0. The Balaban J connectivity index is 1.42. The summed E-state index contributed by atoms with van der Waals surface area (Å²) in [4.78, 5) is 8.32. The molecule has 0 N–H and O–H groups in total. The van der Waals surface area contributed by atoms with Gasteiger partial charge in [0.15, 0.2) is 0 Å². The third-order valence-corrected chi connectivity index (χ3v) is 10.4. The minimum atomic E-state index is -0.642. The van der Waals surface area contributed by atoms with Gasteiger partial charge in [0, 0.05) is 29.4 Å². The van der Waals surface area contributed by atoms with Crippen LogP contribution in [0.1, 0.15) is 0 Å². The van der Waals surface area contributed by atoms with E-state index in [1.165, 1.54) is 50.1 Å². The summed E-state index contributed by atoms with van der Waals surface area (Å²) in [5, 5.41) is 0. The molecular weight excluding hydrogens is 495 g/mol. The highest BCUT2D eigenvalue weighted by Gasteiger charge is 2.28. The van der Waals surface area contributed by atoms with Crippen LogP contribution in [0.4, 0.5) is 8.78 Å². The van der Waals surface area contributed by atoms with Gasteiger partial charge in [-0.05, 0) is 113 Å². The Hall–Kier alpha value is -2.99. The zero-order valence-electron chi connectivity index (χ0n) is 18.5. The first-order valence-corrected chi connectivity index (χ1v) is 14.1. The van der Waals surface area contributed by atoms with Crippen LogP contribution in [-0.4, -0.2) is 0 Å². The van der Waals surface area contributed by atoms with Gasteiger partial charge in [-0.25, -0.2) is 8.78 Å². The van der Waals surface area contributed by atoms with Crippen molar-refractivity contribution in [2.24, 2.45) is 0 Å². The van der Waals surface area contributed by atoms with Crippen molar-refractivity contribution in [3.8, 4) is 11.1 Å². The van der Waals surface area contributed by atoms with Crippen molar-refractivity contribution < 1.29 is 8.78 Å². The second-order valence-corrected chi connectivity index (χ2v) is 12.6. The van der Waals surface area contributed by atoms with E-state index in [1.807, 2.05) is 24.3 Å². The standard InChI is InChI=1S/C30H20F2S3/c31-20-6-10-22(11-7-20)33-24-14-16-29-27(18-24)28-19-25(34-23-12-8-21(32)9-13-23)15-17-30(28)35(29)26-4-2-1-3-5-26/h1-19,35H. The zero-order chi connectivity index (χ0) is 23.8. The van der Waals surface area contributed by atoms with E-state index in [2.05, 4.69) is 66.7 Å². The van der Waals surface area contributed by atoms with Crippen molar-refractivity contribution in [2.75, 3.05) is 0 Å². The summed E-state index contributed by atoms with van der Waals surface area (Å²) in [6.45, 7) is 0. The Morgan fingerprint density at radius 3 is 1.34 bits per heavy atom. The fourth-order valence-electron chi connectivity index (χ4n) is 4.24. The fourth-order valence-corrected chi connectivity index (χ4v) is 8.54. The van der Waals surface area contributed by atoms with Crippen LogP contribution < -0.4 is 0 Å². The lowest BCUT2D eigenvalue weighted by molar-refractivity contribution is 0.626. The molecule has 5 aromatic carbocycles. The van der Waals surface area contributed by atoms with Gasteiger partial charge in [0.05, 0.1) is 0 Å². The van der Waals surface area contributed by atoms with Gasteiger partial charge in [0.25, 0.3) is 0 Å². The highest BCUT2D eigenvalue weighted by molar-refractivity contribution is 8.17. The van der Waals surface area contributed by atoms with Gasteiger partial charge < -0.3 is 0 Å². The summed E-state index contributed by atoms with van der Waals surface area (Å²) >= 11 is 3.28. The molecule has 0 saturated heterocycles. The van der Waals surface area contributed by atoms with Crippen LogP contribution in [-0.2, 0) is 0 Å². The fraction of sp³-hybridized carbons (Fsp3) is 0. The van der Waals surface area contributed by atoms with Crippen molar-refractivity contribution in [1.82, 2.24) is 0 Å². The summed E-state index contributed by atoms with van der Waals surface area (Å²) in [5.74, 6) is -0.450. The smallest absolute Gasteiger partial charge is 0.123 e. The highest BCUT2D eigenvalue weighted by atomic mass is 32.2. The van der Waals surface area contributed by atoms with E-state index in [0.717, 1.165) is 19.6 Å². The molecule has 0 radical (unpaired) electrons. The monoisotopic (exact) mass is 514 g/mol. The molecule has 6 rings (SSSR count). The third kappa shape index (κ3) is 4.64. The molecule has 35 heavy (non-hydrogen) atoms. The van der Waals surface area contributed by atoms with E-state index >= 15 is 0 Å². The Morgan fingerprint density at radius 1 is 0.457 bits per heavy atom. The second-order valence-electron chi connectivity index (χ2n) is 8.14. The Kier molecular flexibility index (Phi) is 6.15. The lowest BCUT2D eigenvalue weighted by Gasteiger charge is -2.19. The maximum Gasteiger partial charge on any atom is 0.123 e.